The van der Waals surface area contributed by atoms with Crippen LogP contribution in [-0.4, -0.2) is 39.0 Å². The summed E-state index contributed by atoms with van der Waals surface area (Å²) in [4.78, 5) is 24.8. The number of benzene rings is 1. The Kier molecular flexibility index (Phi) is 3.99. The monoisotopic (exact) mass is 328 g/mol. The molecular weight excluding hydrogens is 307 g/mol. The molecule has 0 saturated carbocycles. The second-order valence-corrected chi connectivity index (χ2v) is 6.93. The molecule has 1 aliphatic rings. The number of nitrogens with zero attached hydrogens (tertiary/aromatic N) is 4. The van der Waals surface area contributed by atoms with Crippen LogP contribution in [0.4, 0.5) is 15.1 Å². The van der Waals surface area contributed by atoms with E-state index in [1.807, 2.05) is 32.6 Å². The van der Waals surface area contributed by atoms with Crippen LogP contribution in [-0.2, 0) is 0 Å². The maximum Gasteiger partial charge on any atom is 0.327 e. The van der Waals surface area contributed by atoms with E-state index in [2.05, 4.69) is 9.97 Å². The van der Waals surface area contributed by atoms with E-state index >= 15 is 0 Å². The van der Waals surface area contributed by atoms with Gasteiger partial charge in [0.1, 0.15) is 5.82 Å². The number of urea groups is 1. The van der Waals surface area contributed by atoms with Crippen LogP contribution in [0.5, 0.6) is 0 Å². The fourth-order valence-electron chi connectivity index (χ4n) is 3.27. The van der Waals surface area contributed by atoms with Crippen molar-refractivity contribution < 1.29 is 9.18 Å². The van der Waals surface area contributed by atoms with E-state index in [1.54, 1.807) is 29.4 Å². The molecule has 2 aromatic rings. The molecule has 1 aromatic carbocycles. The number of carbonyl (C=O) groups is 1. The van der Waals surface area contributed by atoms with Crippen molar-refractivity contribution in [3.05, 3.63) is 42.5 Å². The molecule has 3 rings (SSSR count). The van der Waals surface area contributed by atoms with Crippen LogP contribution < -0.4 is 4.90 Å². The van der Waals surface area contributed by atoms with Crippen molar-refractivity contribution in [2.75, 3.05) is 11.4 Å². The summed E-state index contributed by atoms with van der Waals surface area (Å²) in [6.45, 7) is 8.59. The van der Waals surface area contributed by atoms with Crippen LogP contribution in [0.2, 0.25) is 0 Å². The van der Waals surface area contributed by atoms with E-state index in [-0.39, 0.29) is 23.4 Å². The molecule has 0 spiro atoms. The average Bonchev–Trinajstić information content (AvgIpc) is 2.77. The zero-order valence-electron chi connectivity index (χ0n) is 14.3. The fourth-order valence-corrected chi connectivity index (χ4v) is 3.27. The summed E-state index contributed by atoms with van der Waals surface area (Å²) in [6, 6.07) is 6.28. The van der Waals surface area contributed by atoms with Gasteiger partial charge in [-0.25, -0.2) is 19.2 Å². The van der Waals surface area contributed by atoms with E-state index in [0.29, 0.717) is 23.6 Å². The number of anilines is 1. The summed E-state index contributed by atoms with van der Waals surface area (Å²) < 4.78 is 13.3. The minimum Gasteiger partial charge on any atom is -0.315 e. The average molecular weight is 328 g/mol. The highest BCUT2D eigenvalue weighted by molar-refractivity contribution is 5.93. The molecule has 1 saturated heterocycles. The normalized spacial score (nSPS) is 17.0. The van der Waals surface area contributed by atoms with Crippen LogP contribution in [0.25, 0.3) is 11.1 Å². The Labute approximate surface area is 141 Å². The number of carbonyl (C=O) groups excluding carboxylic acids is 1. The highest BCUT2D eigenvalue weighted by atomic mass is 19.1. The molecule has 6 heteroatoms. The Morgan fingerprint density at radius 3 is 2.38 bits per heavy atom. The fraction of sp³-hybridized carbons (Fsp3) is 0.389. The van der Waals surface area contributed by atoms with E-state index < -0.39 is 0 Å². The van der Waals surface area contributed by atoms with E-state index in [0.717, 1.165) is 0 Å². The molecular formula is C18H21FN4O. The summed E-state index contributed by atoms with van der Waals surface area (Å²) in [7, 11) is 0. The third kappa shape index (κ3) is 2.84. The van der Waals surface area contributed by atoms with Gasteiger partial charge in [0.15, 0.2) is 0 Å². The Morgan fingerprint density at radius 2 is 1.83 bits per heavy atom. The largest absolute Gasteiger partial charge is 0.327 e. The zero-order chi connectivity index (χ0) is 17.5. The summed E-state index contributed by atoms with van der Waals surface area (Å²) in [5.74, 6) is 0.0667. The summed E-state index contributed by atoms with van der Waals surface area (Å²) in [6.07, 6.45) is 3.24. The van der Waals surface area contributed by atoms with Crippen LogP contribution in [0.15, 0.2) is 36.7 Å². The van der Waals surface area contributed by atoms with Crippen molar-refractivity contribution in [1.29, 1.82) is 0 Å². The predicted octanol–water partition coefficient (Wildman–Crippen LogP) is 3.71. The third-order valence-electron chi connectivity index (χ3n) is 4.19. The molecule has 1 fully saturated rings. The van der Waals surface area contributed by atoms with E-state index in [1.165, 1.54) is 12.1 Å². The van der Waals surface area contributed by atoms with Crippen LogP contribution in [0, 0.1) is 5.82 Å². The smallest absolute Gasteiger partial charge is 0.315 e. The second kappa shape index (κ2) is 5.85. The number of halogens is 1. The minimum atomic E-state index is -0.305. The lowest BCUT2D eigenvalue weighted by Crippen LogP contribution is -2.46. The first-order chi connectivity index (χ1) is 11.3. The Morgan fingerprint density at radius 1 is 1.17 bits per heavy atom. The van der Waals surface area contributed by atoms with Gasteiger partial charge >= 0.3 is 6.03 Å². The Bertz CT molecular complexity index is 758. The molecule has 24 heavy (non-hydrogen) atoms. The van der Waals surface area contributed by atoms with Gasteiger partial charge in [0.25, 0.3) is 0 Å². The number of hydrogen-bond acceptors (Lipinski definition) is 3. The standard InChI is InChI=1S/C18H21FN4O/c1-12(2)23-17(24)22(11-18(23,3)4)16-20-9-14(10-21-16)13-6-5-7-15(19)8-13/h5-10,12H,11H2,1-4H3. The molecule has 0 radical (unpaired) electrons. The molecule has 2 amide bonds. The second-order valence-electron chi connectivity index (χ2n) is 6.93. The molecule has 0 bridgehead atoms. The maximum absolute atomic E-state index is 13.3. The van der Waals surface area contributed by atoms with Gasteiger partial charge in [-0.05, 0) is 45.4 Å². The van der Waals surface area contributed by atoms with Crippen molar-refractivity contribution in [3.8, 4) is 11.1 Å². The predicted molar refractivity (Wildman–Crippen MR) is 91.2 cm³/mol. The lowest BCUT2D eigenvalue weighted by Gasteiger charge is -2.32. The molecule has 0 unspecified atom stereocenters. The van der Waals surface area contributed by atoms with Gasteiger partial charge < -0.3 is 4.90 Å². The Hall–Kier alpha value is -2.50. The molecule has 5 nitrogen and oxygen atoms in total. The maximum atomic E-state index is 13.3. The molecule has 126 valence electrons. The van der Waals surface area contributed by atoms with Crippen LogP contribution in [0.3, 0.4) is 0 Å². The van der Waals surface area contributed by atoms with Gasteiger partial charge in [0.05, 0.1) is 12.1 Å². The van der Waals surface area contributed by atoms with Gasteiger partial charge in [0.2, 0.25) is 5.95 Å². The first-order valence-corrected chi connectivity index (χ1v) is 7.98. The molecule has 0 atom stereocenters. The van der Waals surface area contributed by atoms with Crippen molar-refractivity contribution in [1.82, 2.24) is 14.9 Å². The summed E-state index contributed by atoms with van der Waals surface area (Å²) in [5, 5.41) is 0. The molecule has 0 aliphatic carbocycles. The van der Waals surface area contributed by atoms with E-state index in [9.17, 15) is 9.18 Å². The number of hydrogen-bond donors (Lipinski definition) is 0. The van der Waals surface area contributed by atoms with Crippen LogP contribution >= 0.6 is 0 Å². The number of rotatable bonds is 3. The first-order valence-electron chi connectivity index (χ1n) is 7.98. The van der Waals surface area contributed by atoms with Gasteiger partial charge in [-0.15, -0.1) is 0 Å². The van der Waals surface area contributed by atoms with Gasteiger partial charge in [0, 0.05) is 24.0 Å². The van der Waals surface area contributed by atoms with Crippen molar-refractivity contribution in [3.63, 3.8) is 0 Å². The quantitative estimate of drug-likeness (QED) is 0.863. The molecule has 0 N–H and O–H groups in total. The highest BCUT2D eigenvalue weighted by Gasteiger charge is 2.45. The molecule has 1 aromatic heterocycles. The number of amides is 2. The first kappa shape index (κ1) is 16.4. The minimum absolute atomic E-state index is 0.0893. The zero-order valence-corrected chi connectivity index (χ0v) is 14.3. The van der Waals surface area contributed by atoms with E-state index in [4.69, 9.17) is 0 Å². The van der Waals surface area contributed by atoms with Crippen LogP contribution in [0.1, 0.15) is 27.7 Å². The SMILES string of the molecule is CC(C)N1C(=O)N(c2ncc(-c3cccc(F)c3)cn2)CC1(C)C. The lowest BCUT2D eigenvalue weighted by molar-refractivity contribution is 0.152. The summed E-state index contributed by atoms with van der Waals surface area (Å²) in [5.41, 5.74) is 1.14. The third-order valence-corrected chi connectivity index (χ3v) is 4.19. The highest BCUT2D eigenvalue weighted by Crippen LogP contribution is 2.31. The van der Waals surface area contributed by atoms with Crippen molar-refractivity contribution in [2.24, 2.45) is 0 Å². The molecule has 1 aliphatic heterocycles. The topological polar surface area (TPSA) is 49.3 Å². The van der Waals surface area contributed by atoms with Gasteiger partial charge in [-0.2, -0.15) is 0 Å². The van der Waals surface area contributed by atoms with Gasteiger partial charge in [-0.1, -0.05) is 12.1 Å². The van der Waals surface area contributed by atoms with Crippen molar-refractivity contribution in [2.45, 2.75) is 39.3 Å². The summed E-state index contributed by atoms with van der Waals surface area (Å²) >= 11 is 0. The van der Waals surface area contributed by atoms with Crippen molar-refractivity contribution >= 4 is 12.0 Å². The molecule has 2 heterocycles. The lowest BCUT2D eigenvalue weighted by atomic mass is 10.0. The Balaban J connectivity index is 1.88. The van der Waals surface area contributed by atoms with Gasteiger partial charge in [-0.3, -0.25) is 4.90 Å². The number of aromatic nitrogens is 2.